The first-order valence-corrected chi connectivity index (χ1v) is 7.26. The summed E-state index contributed by atoms with van der Waals surface area (Å²) in [6.07, 6.45) is 3.05. The van der Waals surface area contributed by atoms with Crippen LogP contribution in [-0.2, 0) is 4.74 Å². The van der Waals surface area contributed by atoms with Crippen molar-refractivity contribution < 1.29 is 9.13 Å². The van der Waals surface area contributed by atoms with E-state index < -0.39 is 0 Å². The molecule has 1 N–H and O–H groups in total. The second-order valence-electron chi connectivity index (χ2n) is 4.85. The highest BCUT2D eigenvalue weighted by atomic mass is 19.1. The Labute approximate surface area is 116 Å². The Morgan fingerprint density at radius 2 is 2.11 bits per heavy atom. The van der Waals surface area contributed by atoms with Gasteiger partial charge in [-0.1, -0.05) is 13.0 Å². The fourth-order valence-corrected chi connectivity index (χ4v) is 2.21. The summed E-state index contributed by atoms with van der Waals surface area (Å²) in [6.45, 7) is 8.67. The van der Waals surface area contributed by atoms with Crippen molar-refractivity contribution in [2.75, 3.05) is 19.8 Å². The lowest BCUT2D eigenvalue weighted by molar-refractivity contribution is 0.140. The third-order valence-electron chi connectivity index (χ3n) is 3.24. The van der Waals surface area contributed by atoms with Gasteiger partial charge in [-0.25, -0.2) is 4.39 Å². The molecule has 0 aliphatic heterocycles. The third kappa shape index (κ3) is 5.70. The van der Waals surface area contributed by atoms with Gasteiger partial charge in [-0.2, -0.15) is 0 Å². The van der Waals surface area contributed by atoms with Crippen LogP contribution in [0.5, 0.6) is 0 Å². The molecule has 0 aliphatic rings. The highest BCUT2D eigenvalue weighted by molar-refractivity contribution is 5.29. The van der Waals surface area contributed by atoms with E-state index in [0.29, 0.717) is 0 Å². The largest absolute Gasteiger partial charge is 0.382 e. The quantitative estimate of drug-likeness (QED) is 0.683. The molecule has 1 aromatic carbocycles. The number of rotatable bonds is 9. The van der Waals surface area contributed by atoms with E-state index in [1.165, 1.54) is 6.07 Å². The SMILES string of the molecule is CCCNC(CCCOCC)c1cc(F)ccc1C. The van der Waals surface area contributed by atoms with Gasteiger partial charge in [0.05, 0.1) is 0 Å². The molecule has 108 valence electrons. The van der Waals surface area contributed by atoms with E-state index in [9.17, 15) is 4.39 Å². The van der Waals surface area contributed by atoms with Crippen molar-refractivity contribution in [3.05, 3.63) is 35.1 Å². The Balaban J connectivity index is 2.68. The van der Waals surface area contributed by atoms with Crippen molar-refractivity contribution >= 4 is 0 Å². The van der Waals surface area contributed by atoms with Crippen molar-refractivity contribution in [2.24, 2.45) is 0 Å². The zero-order valence-corrected chi connectivity index (χ0v) is 12.3. The molecule has 3 heteroatoms. The predicted molar refractivity (Wildman–Crippen MR) is 77.9 cm³/mol. The molecule has 19 heavy (non-hydrogen) atoms. The molecule has 0 aromatic heterocycles. The van der Waals surface area contributed by atoms with Crippen LogP contribution in [0.15, 0.2) is 18.2 Å². The number of aryl methyl sites for hydroxylation is 1. The Bertz CT molecular complexity index is 368. The van der Waals surface area contributed by atoms with E-state index in [0.717, 1.165) is 50.1 Å². The standard InChI is InChI=1S/C16H26FNO/c1-4-10-18-16(7-6-11-19-5-2)15-12-14(17)9-8-13(15)3/h8-9,12,16,18H,4-7,10-11H2,1-3H3. The summed E-state index contributed by atoms with van der Waals surface area (Å²) in [5.74, 6) is -0.159. The van der Waals surface area contributed by atoms with E-state index in [1.807, 2.05) is 19.9 Å². The van der Waals surface area contributed by atoms with E-state index in [-0.39, 0.29) is 11.9 Å². The average Bonchev–Trinajstić information content (AvgIpc) is 2.41. The van der Waals surface area contributed by atoms with Gasteiger partial charge in [0.1, 0.15) is 5.82 Å². The summed E-state index contributed by atoms with van der Waals surface area (Å²) < 4.78 is 18.8. The van der Waals surface area contributed by atoms with Gasteiger partial charge < -0.3 is 10.1 Å². The first kappa shape index (κ1) is 16.1. The zero-order valence-electron chi connectivity index (χ0n) is 12.3. The van der Waals surface area contributed by atoms with Gasteiger partial charge in [0.15, 0.2) is 0 Å². The van der Waals surface area contributed by atoms with Crippen molar-refractivity contribution in [2.45, 2.75) is 46.1 Å². The molecular formula is C16H26FNO. The highest BCUT2D eigenvalue weighted by Gasteiger charge is 2.13. The number of ether oxygens (including phenoxy) is 1. The zero-order chi connectivity index (χ0) is 14.1. The third-order valence-corrected chi connectivity index (χ3v) is 3.24. The first-order chi connectivity index (χ1) is 9.19. The van der Waals surface area contributed by atoms with Crippen LogP contribution in [0, 0.1) is 12.7 Å². The maximum absolute atomic E-state index is 13.4. The van der Waals surface area contributed by atoms with Crippen LogP contribution in [0.25, 0.3) is 0 Å². The average molecular weight is 267 g/mol. The molecule has 0 radical (unpaired) electrons. The molecule has 0 saturated heterocycles. The fraction of sp³-hybridized carbons (Fsp3) is 0.625. The molecule has 2 nitrogen and oxygen atoms in total. The van der Waals surface area contributed by atoms with Crippen LogP contribution < -0.4 is 5.32 Å². The molecule has 0 saturated carbocycles. The molecule has 0 bridgehead atoms. The molecule has 1 aromatic rings. The molecule has 0 heterocycles. The normalized spacial score (nSPS) is 12.6. The van der Waals surface area contributed by atoms with Gasteiger partial charge in [0, 0.05) is 19.3 Å². The number of hydrogen-bond donors (Lipinski definition) is 1. The van der Waals surface area contributed by atoms with Gasteiger partial charge >= 0.3 is 0 Å². The smallest absolute Gasteiger partial charge is 0.123 e. The molecule has 0 spiro atoms. The Hall–Kier alpha value is -0.930. The second-order valence-corrected chi connectivity index (χ2v) is 4.85. The van der Waals surface area contributed by atoms with Crippen molar-refractivity contribution in [3.8, 4) is 0 Å². The summed E-state index contributed by atoms with van der Waals surface area (Å²) in [5, 5.41) is 3.51. The summed E-state index contributed by atoms with van der Waals surface area (Å²) in [6, 6.07) is 5.25. The van der Waals surface area contributed by atoms with Gasteiger partial charge in [-0.15, -0.1) is 0 Å². The topological polar surface area (TPSA) is 21.3 Å². The lowest BCUT2D eigenvalue weighted by atomic mass is 9.97. The van der Waals surface area contributed by atoms with Gasteiger partial charge in [-0.3, -0.25) is 0 Å². The monoisotopic (exact) mass is 267 g/mol. The maximum Gasteiger partial charge on any atom is 0.123 e. The number of benzene rings is 1. The Morgan fingerprint density at radius 1 is 1.32 bits per heavy atom. The van der Waals surface area contributed by atoms with Gasteiger partial charge in [-0.05, 0) is 62.9 Å². The van der Waals surface area contributed by atoms with Crippen LogP contribution in [0.3, 0.4) is 0 Å². The van der Waals surface area contributed by atoms with Crippen molar-refractivity contribution in [1.29, 1.82) is 0 Å². The molecule has 1 unspecified atom stereocenters. The van der Waals surface area contributed by atoms with Gasteiger partial charge in [0.25, 0.3) is 0 Å². The van der Waals surface area contributed by atoms with E-state index >= 15 is 0 Å². The predicted octanol–water partition coefficient (Wildman–Crippen LogP) is 3.99. The molecular weight excluding hydrogens is 241 g/mol. The molecule has 0 amide bonds. The molecule has 1 atom stereocenters. The van der Waals surface area contributed by atoms with Crippen LogP contribution in [-0.4, -0.2) is 19.8 Å². The van der Waals surface area contributed by atoms with Crippen LogP contribution in [0.4, 0.5) is 4.39 Å². The summed E-state index contributed by atoms with van der Waals surface area (Å²) in [5.41, 5.74) is 2.22. The fourth-order valence-electron chi connectivity index (χ4n) is 2.21. The van der Waals surface area contributed by atoms with E-state index in [1.54, 1.807) is 6.07 Å². The highest BCUT2D eigenvalue weighted by Crippen LogP contribution is 2.23. The number of halogens is 1. The van der Waals surface area contributed by atoms with Crippen molar-refractivity contribution in [1.82, 2.24) is 5.32 Å². The Kier molecular flexibility index (Phi) is 7.68. The summed E-state index contributed by atoms with van der Waals surface area (Å²) >= 11 is 0. The minimum absolute atomic E-state index is 0.159. The molecule has 0 fully saturated rings. The lowest BCUT2D eigenvalue weighted by Gasteiger charge is -2.21. The van der Waals surface area contributed by atoms with E-state index in [4.69, 9.17) is 4.74 Å². The van der Waals surface area contributed by atoms with Crippen LogP contribution >= 0.6 is 0 Å². The second kappa shape index (κ2) is 9.05. The first-order valence-electron chi connectivity index (χ1n) is 7.26. The van der Waals surface area contributed by atoms with E-state index in [2.05, 4.69) is 12.2 Å². The maximum atomic E-state index is 13.4. The van der Waals surface area contributed by atoms with Gasteiger partial charge in [0.2, 0.25) is 0 Å². The summed E-state index contributed by atoms with van der Waals surface area (Å²) in [4.78, 5) is 0. The molecule has 1 rings (SSSR count). The summed E-state index contributed by atoms with van der Waals surface area (Å²) in [7, 11) is 0. The lowest BCUT2D eigenvalue weighted by Crippen LogP contribution is -2.23. The van der Waals surface area contributed by atoms with Crippen LogP contribution in [0.2, 0.25) is 0 Å². The number of hydrogen-bond acceptors (Lipinski definition) is 2. The minimum Gasteiger partial charge on any atom is -0.382 e. The number of nitrogens with one attached hydrogen (secondary N) is 1. The Morgan fingerprint density at radius 3 is 2.79 bits per heavy atom. The molecule has 0 aliphatic carbocycles. The van der Waals surface area contributed by atoms with Crippen molar-refractivity contribution in [3.63, 3.8) is 0 Å². The minimum atomic E-state index is -0.159. The van der Waals surface area contributed by atoms with Crippen LogP contribution in [0.1, 0.15) is 50.3 Å².